The Bertz CT molecular complexity index is 854. The number of aromatic nitrogens is 2. The van der Waals surface area contributed by atoms with Gasteiger partial charge in [0, 0.05) is 13.0 Å². The third-order valence-electron chi connectivity index (χ3n) is 3.76. The Morgan fingerprint density at radius 2 is 1.65 bits per heavy atom. The minimum absolute atomic E-state index is 0. The zero-order chi connectivity index (χ0) is 12.8. The van der Waals surface area contributed by atoms with Crippen molar-refractivity contribution in [1.82, 2.24) is 9.55 Å². The standard InChI is InChI=1S/C16H12N2O.BrH/c19-16-13-7-3-4-8-14(13)18-10-12-6-2-1-5-11(12)9-15(18)17-16;/h1-8H,9-10H2;1H. The summed E-state index contributed by atoms with van der Waals surface area (Å²) in [5.41, 5.74) is 3.43. The fourth-order valence-electron chi connectivity index (χ4n) is 2.80. The Balaban J connectivity index is 0.00000121. The van der Waals surface area contributed by atoms with E-state index in [1.165, 1.54) is 11.1 Å². The maximum absolute atomic E-state index is 12.0. The smallest absolute Gasteiger partial charge is 0.280 e. The number of benzene rings is 2. The summed E-state index contributed by atoms with van der Waals surface area (Å²) < 4.78 is 2.15. The molecule has 0 N–H and O–H groups in total. The lowest BCUT2D eigenvalue weighted by Crippen LogP contribution is -2.23. The first-order chi connectivity index (χ1) is 9.33. The van der Waals surface area contributed by atoms with Crippen LogP contribution in [0.4, 0.5) is 0 Å². The Labute approximate surface area is 126 Å². The Morgan fingerprint density at radius 3 is 2.50 bits per heavy atom. The van der Waals surface area contributed by atoms with Crippen molar-refractivity contribution in [3.8, 4) is 0 Å². The van der Waals surface area contributed by atoms with Gasteiger partial charge in [-0.05, 0) is 23.3 Å². The molecule has 1 aromatic heterocycles. The molecule has 0 atom stereocenters. The van der Waals surface area contributed by atoms with Crippen molar-refractivity contribution in [2.45, 2.75) is 13.0 Å². The second-order valence-electron chi connectivity index (χ2n) is 4.88. The van der Waals surface area contributed by atoms with Crippen molar-refractivity contribution in [2.24, 2.45) is 0 Å². The van der Waals surface area contributed by atoms with Gasteiger partial charge in [0.25, 0.3) is 5.56 Å². The lowest BCUT2D eigenvalue weighted by atomic mass is 10.00. The van der Waals surface area contributed by atoms with Gasteiger partial charge < -0.3 is 4.57 Å². The third kappa shape index (κ3) is 1.88. The summed E-state index contributed by atoms with van der Waals surface area (Å²) in [5, 5.41) is 0.700. The van der Waals surface area contributed by atoms with E-state index in [0.717, 1.165) is 24.3 Å². The summed E-state index contributed by atoms with van der Waals surface area (Å²) in [6.45, 7) is 0.791. The molecule has 0 spiro atoms. The van der Waals surface area contributed by atoms with Crippen molar-refractivity contribution < 1.29 is 0 Å². The van der Waals surface area contributed by atoms with Gasteiger partial charge in [-0.15, -0.1) is 17.0 Å². The third-order valence-corrected chi connectivity index (χ3v) is 3.76. The second kappa shape index (κ2) is 4.87. The van der Waals surface area contributed by atoms with Gasteiger partial charge in [-0.2, -0.15) is 4.98 Å². The van der Waals surface area contributed by atoms with Crippen molar-refractivity contribution in [1.29, 1.82) is 0 Å². The topological polar surface area (TPSA) is 34.9 Å². The number of hydrogen-bond donors (Lipinski definition) is 0. The fourth-order valence-corrected chi connectivity index (χ4v) is 2.80. The van der Waals surface area contributed by atoms with Gasteiger partial charge in [-0.25, -0.2) is 0 Å². The normalized spacial score (nSPS) is 12.4. The number of halogens is 1. The molecule has 0 saturated carbocycles. The minimum Gasteiger partial charge on any atom is -0.324 e. The quantitative estimate of drug-likeness (QED) is 0.497. The molecule has 100 valence electrons. The number of para-hydroxylation sites is 1. The summed E-state index contributed by atoms with van der Waals surface area (Å²) in [5.74, 6) is 0.863. The van der Waals surface area contributed by atoms with Gasteiger partial charge in [-0.3, -0.25) is 4.79 Å². The lowest BCUT2D eigenvalue weighted by molar-refractivity contribution is 0.694. The SMILES string of the molecule is Br.O=c1nc2n(c3ccccc13)Cc1ccccc1C2. The van der Waals surface area contributed by atoms with E-state index in [0.29, 0.717) is 5.39 Å². The number of fused-ring (bicyclic) bond motifs is 4. The van der Waals surface area contributed by atoms with E-state index in [2.05, 4.69) is 27.8 Å². The van der Waals surface area contributed by atoms with Crippen molar-refractivity contribution in [3.63, 3.8) is 0 Å². The monoisotopic (exact) mass is 328 g/mol. The summed E-state index contributed by atoms with van der Waals surface area (Å²) in [7, 11) is 0. The van der Waals surface area contributed by atoms with Crippen molar-refractivity contribution in [3.05, 3.63) is 75.8 Å². The molecule has 0 unspecified atom stereocenters. The van der Waals surface area contributed by atoms with Crippen LogP contribution in [0.1, 0.15) is 17.0 Å². The molecule has 2 aromatic carbocycles. The summed E-state index contributed by atoms with van der Waals surface area (Å²) in [6.07, 6.45) is 0.732. The average molecular weight is 329 g/mol. The molecule has 4 heteroatoms. The Kier molecular flexibility index (Phi) is 3.18. The van der Waals surface area contributed by atoms with Crippen LogP contribution in [0, 0.1) is 0 Å². The molecule has 0 fully saturated rings. The highest BCUT2D eigenvalue weighted by molar-refractivity contribution is 8.93. The zero-order valence-corrected chi connectivity index (χ0v) is 12.5. The van der Waals surface area contributed by atoms with E-state index >= 15 is 0 Å². The van der Waals surface area contributed by atoms with E-state index in [1.54, 1.807) is 0 Å². The number of hydrogen-bond acceptors (Lipinski definition) is 2. The van der Waals surface area contributed by atoms with Crippen LogP contribution in [-0.2, 0) is 13.0 Å². The summed E-state index contributed by atoms with van der Waals surface area (Å²) >= 11 is 0. The van der Waals surface area contributed by atoms with Gasteiger partial charge in [0.15, 0.2) is 0 Å². The first kappa shape index (κ1) is 13.1. The summed E-state index contributed by atoms with van der Waals surface area (Å²) in [4.78, 5) is 16.3. The molecule has 1 aliphatic rings. The van der Waals surface area contributed by atoms with Crippen molar-refractivity contribution in [2.75, 3.05) is 0 Å². The molecule has 2 heterocycles. The van der Waals surface area contributed by atoms with Gasteiger partial charge in [-0.1, -0.05) is 36.4 Å². The van der Waals surface area contributed by atoms with Gasteiger partial charge in [0.05, 0.1) is 10.9 Å². The highest BCUT2D eigenvalue weighted by Crippen LogP contribution is 2.23. The number of rotatable bonds is 0. The zero-order valence-electron chi connectivity index (χ0n) is 10.7. The molecule has 0 aliphatic carbocycles. The van der Waals surface area contributed by atoms with Crippen LogP contribution in [0.5, 0.6) is 0 Å². The molecule has 3 nitrogen and oxygen atoms in total. The van der Waals surface area contributed by atoms with E-state index in [9.17, 15) is 4.79 Å². The van der Waals surface area contributed by atoms with Gasteiger partial charge in [0.1, 0.15) is 5.82 Å². The van der Waals surface area contributed by atoms with Crippen LogP contribution in [0.25, 0.3) is 10.9 Å². The van der Waals surface area contributed by atoms with Gasteiger partial charge in [0.2, 0.25) is 0 Å². The van der Waals surface area contributed by atoms with Crippen LogP contribution in [-0.4, -0.2) is 9.55 Å². The average Bonchev–Trinajstić information content (AvgIpc) is 2.46. The largest absolute Gasteiger partial charge is 0.324 e. The molecular weight excluding hydrogens is 316 g/mol. The van der Waals surface area contributed by atoms with E-state index in [1.807, 2.05) is 30.3 Å². The fraction of sp³-hybridized carbons (Fsp3) is 0.125. The maximum atomic E-state index is 12.0. The predicted octanol–water partition coefficient (Wildman–Crippen LogP) is 2.93. The molecule has 3 aromatic rings. The minimum atomic E-state index is -0.124. The van der Waals surface area contributed by atoms with E-state index in [-0.39, 0.29) is 22.5 Å². The molecule has 0 bridgehead atoms. The second-order valence-corrected chi connectivity index (χ2v) is 4.88. The van der Waals surface area contributed by atoms with Crippen molar-refractivity contribution >= 4 is 27.9 Å². The van der Waals surface area contributed by atoms with E-state index < -0.39 is 0 Å². The molecule has 0 radical (unpaired) electrons. The van der Waals surface area contributed by atoms with Crippen LogP contribution in [0.3, 0.4) is 0 Å². The highest BCUT2D eigenvalue weighted by Gasteiger charge is 2.17. The first-order valence-corrected chi connectivity index (χ1v) is 6.38. The molecule has 0 amide bonds. The first-order valence-electron chi connectivity index (χ1n) is 6.38. The number of nitrogens with zero attached hydrogens (tertiary/aromatic N) is 2. The van der Waals surface area contributed by atoms with E-state index in [4.69, 9.17) is 0 Å². The van der Waals surface area contributed by atoms with Crippen LogP contribution in [0.15, 0.2) is 53.3 Å². The highest BCUT2D eigenvalue weighted by atomic mass is 79.9. The molecule has 0 saturated heterocycles. The molecular formula is C16H13BrN2O. The molecule has 20 heavy (non-hydrogen) atoms. The van der Waals surface area contributed by atoms with Crippen LogP contribution in [0.2, 0.25) is 0 Å². The predicted molar refractivity (Wildman–Crippen MR) is 84.7 cm³/mol. The Hall–Kier alpha value is -1.94. The molecule has 1 aliphatic heterocycles. The van der Waals surface area contributed by atoms with Crippen LogP contribution >= 0.6 is 17.0 Å². The maximum Gasteiger partial charge on any atom is 0.280 e. The lowest BCUT2D eigenvalue weighted by Gasteiger charge is -2.22. The van der Waals surface area contributed by atoms with Crippen LogP contribution < -0.4 is 5.56 Å². The Morgan fingerprint density at radius 1 is 0.950 bits per heavy atom. The summed E-state index contributed by atoms with van der Waals surface area (Å²) in [6, 6.07) is 16.0. The molecule has 4 rings (SSSR count). The van der Waals surface area contributed by atoms with Gasteiger partial charge >= 0.3 is 0 Å².